The first-order chi connectivity index (χ1) is 14.3. The molecule has 30 heavy (non-hydrogen) atoms. The van der Waals surface area contributed by atoms with E-state index < -0.39 is 22.1 Å². The molecule has 10 heteroatoms. The molecule has 1 aliphatic heterocycles. The molecule has 2 aromatic rings. The predicted molar refractivity (Wildman–Crippen MR) is 113 cm³/mol. The van der Waals surface area contributed by atoms with Crippen molar-refractivity contribution in [1.82, 2.24) is 14.5 Å². The molecule has 2 aromatic carbocycles. The molecule has 3 rings (SSSR count). The van der Waals surface area contributed by atoms with Crippen molar-refractivity contribution in [3.8, 4) is 0 Å². The highest BCUT2D eigenvalue weighted by atomic mass is 35.5. The maximum Gasteiger partial charge on any atom is 0.312 e. The van der Waals surface area contributed by atoms with Gasteiger partial charge in [-0.1, -0.05) is 41.9 Å². The Balaban J connectivity index is 1.66. The molecule has 0 spiro atoms. The van der Waals surface area contributed by atoms with Crippen molar-refractivity contribution in [2.45, 2.75) is 17.4 Å². The van der Waals surface area contributed by atoms with Gasteiger partial charge in [0.2, 0.25) is 15.9 Å². The monoisotopic (exact) mass is 450 g/mol. The summed E-state index contributed by atoms with van der Waals surface area (Å²) in [6.45, 7) is 0.755. The van der Waals surface area contributed by atoms with E-state index in [1.807, 2.05) is 30.3 Å². The predicted octanol–water partition coefficient (Wildman–Crippen LogP) is 1.45. The Morgan fingerprint density at radius 2 is 1.60 bits per heavy atom. The number of halogens is 1. The summed E-state index contributed by atoms with van der Waals surface area (Å²) in [7, 11) is -3.67. The lowest BCUT2D eigenvalue weighted by Crippen LogP contribution is -2.56. The Bertz CT molecular complexity index is 991. The average molecular weight is 451 g/mol. The molecule has 0 saturated carbocycles. The smallest absolute Gasteiger partial charge is 0.312 e. The van der Waals surface area contributed by atoms with Gasteiger partial charge in [0.1, 0.15) is 6.04 Å². The molecular formula is C20H23ClN4O4S. The van der Waals surface area contributed by atoms with E-state index in [9.17, 15) is 18.0 Å². The summed E-state index contributed by atoms with van der Waals surface area (Å²) >= 11 is 5.83. The quantitative estimate of drug-likeness (QED) is 0.693. The number of benzene rings is 2. The fourth-order valence-electron chi connectivity index (χ4n) is 3.35. The molecule has 1 heterocycles. The number of nitrogens with zero attached hydrogens (tertiary/aromatic N) is 2. The molecule has 160 valence electrons. The third kappa shape index (κ3) is 5.29. The average Bonchev–Trinajstić information content (AvgIpc) is 2.73. The minimum atomic E-state index is -3.67. The van der Waals surface area contributed by atoms with Crippen LogP contribution in [-0.2, 0) is 21.2 Å². The van der Waals surface area contributed by atoms with Gasteiger partial charge in [0.25, 0.3) is 0 Å². The maximum absolute atomic E-state index is 13.0. The van der Waals surface area contributed by atoms with E-state index in [2.05, 4.69) is 5.32 Å². The number of nitrogens with two attached hydrogens (primary N) is 1. The zero-order valence-corrected chi connectivity index (χ0v) is 17.8. The molecule has 0 aromatic heterocycles. The van der Waals surface area contributed by atoms with Crippen LogP contribution in [-0.4, -0.2) is 61.8 Å². The second kappa shape index (κ2) is 9.46. The van der Waals surface area contributed by atoms with Gasteiger partial charge in [0, 0.05) is 37.6 Å². The number of carbonyl (C=O) groups excluding carboxylic acids is 2. The Morgan fingerprint density at radius 1 is 1.00 bits per heavy atom. The van der Waals surface area contributed by atoms with Gasteiger partial charge in [-0.2, -0.15) is 4.31 Å². The van der Waals surface area contributed by atoms with Crippen LogP contribution in [0.5, 0.6) is 0 Å². The summed E-state index contributed by atoms with van der Waals surface area (Å²) in [6.07, 6.45) is 0.298. The third-order valence-electron chi connectivity index (χ3n) is 4.90. The normalized spacial score (nSPS) is 16.1. The summed E-state index contributed by atoms with van der Waals surface area (Å²) in [5.74, 6) is -0.291. The van der Waals surface area contributed by atoms with Gasteiger partial charge in [-0.15, -0.1) is 0 Å². The van der Waals surface area contributed by atoms with Crippen molar-refractivity contribution in [2.24, 2.45) is 5.73 Å². The molecule has 8 nitrogen and oxygen atoms in total. The lowest BCUT2D eigenvalue weighted by Gasteiger charge is -2.35. The molecule has 1 aliphatic rings. The first kappa shape index (κ1) is 22.1. The number of primary amides is 1. The third-order valence-corrected chi connectivity index (χ3v) is 7.06. The fourth-order valence-corrected chi connectivity index (χ4v) is 4.89. The first-order valence-electron chi connectivity index (χ1n) is 9.42. The highest BCUT2D eigenvalue weighted by molar-refractivity contribution is 7.89. The van der Waals surface area contributed by atoms with Crippen molar-refractivity contribution in [1.29, 1.82) is 0 Å². The van der Waals surface area contributed by atoms with Gasteiger partial charge < -0.3 is 16.0 Å². The van der Waals surface area contributed by atoms with Crippen molar-refractivity contribution in [2.75, 3.05) is 26.2 Å². The van der Waals surface area contributed by atoms with E-state index in [0.29, 0.717) is 11.4 Å². The Morgan fingerprint density at radius 3 is 2.17 bits per heavy atom. The Hall–Kier alpha value is -2.62. The van der Waals surface area contributed by atoms with Crippen molar-refractivity contribution < 1.29 is 18.0 Å². The maximum atomic E-state index is 13.0. The van der Waals surface area contributed by atoms with E-state index in [1.54, 1.807) is 4.90 Å². The van der Waals surface area contributed by atoms with Crippen LogP contribution in [0.15, 0.2) is 59.5 Å². The van der Waals surface area contributed by atoms with Crippen LogP contribution >= 0.6 is 11.6 Å². The SMILES string of the molecule is NC(=O)NC(Cc1ccccc1)C(=O)N1CCN(S(=O)(=O)c2ccc(Cl)cc2)CC1. The molecule has 0 bridgehead atoms. The molecule has 1 fully saturated rings. The second-order valence-corrected chi connectivity index (χ2v) is 9.31. The van der Waals surface area contributed by atoms with Gasteiger partial charge in [0.15, 0.2) is 0 Å². The number of amides is 3. The minimum absolute atomic E-state index is 0.157. The summed E-state index contributed by atoms with van der Waals surface area (Å²) in [5.41, 5.74) is 6.13. The number of hydrogen-bond acceptors (Lipinski definition) is 4. The van der Waals surface area contributed by atoms with E-state index in [4.69, 9.17) is 17.3 Å². The summed E-state index contributed by atoms with van der Waals surface area (Å²) < 4.78 is 26.9. The van der Waals surface area contributed by atoms with Crippen molar-refractivity contribution >= 4 is 33.6 Å². The number of piperazine rings is 1. The van der Waals surface area contributed by atoms with Crippen LogP contribution in [0.2, 0.25) is 5.02 Å². The van der Waals surface area contributed by atoms with E-state index in [-0.39, 0.29) is 37.0 Å². The highest BCUT2D eigenvalue weighted by Crippen LogP contribution is 2.20. The molecule has 1 unspecified atom stereocenters. The molecular weight excluding hydrogens is 428 g/mol. The van der Waals surface area contributed by atoms with Crippen LogP contribution in [0.4, 0.5) is 4.79 Å². The molecule has 3 N–H and O–H groups in total. The number of carbonyl (C=O) groups is 2. The molecule has 3 amide bonds. The largest absolute Gasteiger partial charge is 0.352 e. The topological polar surface area (TPSA) is 113 Å². The molecule has 0 radical (unpaired) electrons. The lowest BCUT2D eigenvalue weighted by molar-refractivity contribution is -0.134. The van der Waals surface area contributed by atoms with E-state index in [0.717, 1.165) is 5.56 Å². The number of rotatable bonds is 6. The van der Waals surface area contributed by atoms with Gasteiger partial charge in [-0.3, -0.25) is 4.79 Å². The van der Waals surface area contributed by atoms with Gasteiger partial charge in [-0.25, -0.2) is 13.2 Å². The molecule has 0 aliphatic carbocycles. The number of urea groups is 1. The zero-order chi connectivity index (χ0) is 21.7. The zero-order valence-electron chi connectivity index (χ0n) is 16.2. The summed E-state index contributed by atoms with van der Waals surface area (Å²) in [4.78, 5) is 26.1. The first-order valence-corrected chi connectivity index (χ1v) is 11.2. The summed E-state index contributed by atoms with van der Waals surface area (Å²) in [5, 5.41) is 2.96. The van der Waals surface area contributed by atoms with E-state index in [1.165, 1.54) is 28.6 Å². The number of hydrogen-bond donors (Lipinski definition) is 2. The van der Waals surface area contributed by atoms with Gasteiger partial charge in [-0.05, 0) is 29.8 Å². The molecule has 1 atom stereocenters. The Kier molecular flexibility index (Phi) is 6.96. The van der Waals surface area contributed by atoms with Crippen LogP contribution in [0, 0.1) is 0 Å². The minimum Gasteiger partial charge on any atom is -0.352 e. The highest BCUT2D eigenvalue weighted by Gasteiger charge is 2.33. The summed E-state index contributed by atoms with van der Waals surface area (Å²) in [6, 6.07) is 13.7. The van der Waals surface area contributed by atoms with Gasteiger partial charge in [0.05, 0.1) is 4.90 Å². The lowest BCUT2D eigenvalue weighted by atomic mass is 10.0. The van der Waals surface area contributed by atoms with Crippen LogP contribution in [0.1, 0.15) is 5.56 Å². The second-order valence-electron chi connectivity index (χ2n) is 6.93. The number of nitrogens with one attached hydrogen (secondary N) is 1. The van der Waals surface area contributed by atoms with Crippen molar-refractivity contribution in [3.05, 3.63) is 65.2 Å². The van der Waals surface area contributed by atoms with Gasteiger partial charge >= 0.3 is 6.03 Å². The Labute approximate surface area is 180 Å². The number of sulfonamides is 1. The van der Waals surface area contributed by atoms with Crippen LogP contribution in [0.25, 0.3) is 0 Å². The van der Waals surface area contributed by atoms with Crippen LogP contribution < -0.4 is 11.1 Å². The molecule has 1 saturated heterocycles. The fraction of sp³-hybridized carbons (Fsp3) is 0.300. The van der Waals surface area contributed by atoms with E-state index >= 15 is 0 Å². The van der Waals surface area contributed by atoms with Crippen LogP contribution in [0.3, 0.4) is 0 Å². The van der Waals surface area contributed by atoms with Crippen molar-refractivity contribution in [3.63, 3.8) is 0 Å². The standard InChI is InChI=1S/C20H23ClN4O4S/c21-16-6-8-17(9-7-16)30(28,29)25-12-10-24(11-13-25)19(26)18(23-20(22)27)14-15-4-2-1-3-5-15/h1-9,18H,10-14H2,(H3,22,23,27).